The fourth-order valence-corrected chi connectivity index (χ4v) is 2.75. The Labute approximate surface area is 127 Å². The summed E-state index contributed by atoms with van der Waals surface area (Å²) in [5.41, 5.74) is 3.60. The predicted molar refractivity (Wildman–Crippen MR) is 83.1 cm³/mol. The molecule has 0 aliphatic carbocycles. The molecule has 22 heavy (non-hydrogen) atoms. The first kappa shape index (κ1) is 13.4. The number of aromatic nitrogens is 2. The number of hydrogen-bond acceptors (Lipinski definition) is 3. The van der Waals surface area contributed by atoms with E-state index in [-0.39, 0.29) is 11.9 Å². The van der Waals surface area contributed by atoms with Crippen LogP contribution < -0.4 is 5.32 Å². The highest BCUT2D eigenvalue weighted by atomic mass is 19.1. The lowest BCUT2D eigenvalue weighted by molar-refractivity contribution is 0.0277. The molecule has 1 aliphatic rings. The molecule has 3 aromatic rings. The maximum Gasteiger partial charge on any atom is 0.138 e. The fourth-order valence-electron chi connectivity index (χ4n) is 2.75. The Balaban J connectivity index is 1.63. The fraction of sp³-hybridized carbons (Fsp3) is 0.235. The van der Waals surface area contributed by atoms with Crippen molar-refractivity contribution >= 4 is 11.0 Å². The molecule has 0 radical (unpaired) electrons. The number of aromatic amines is 1. The number of nitrogens with zero attached hydrogens (tertiary/aromatic N) is 1. The zero-order valence-corrected chi connectivity index (χ0v) is 12.0. The minimum Gasteiger partial charge on any atom is -0.371 e. The summed E-state index contributed by atoms with van der Waals surface area (Å²) in [4.78, 5) is 7.66. The Morgan fingerprint density at radius 1 is 1.14 bits per heavy atom. The molecule has 1 fully saturated rings. The average Bonchev–Trinajstić information content (AvgIpc) is 2.99. The third kappa shape index (κ3) is 2.49. The van der Waals surface area contributed by atoms with E-state index in [1.54, 1.807) is 6.07 Å². The number of nitrogens with one attached hydrogen (secondary N) is 2. The van der Waals surface area contributed by atoms with Crippen molar-refractivity contribution < 1.29 is 9.13 Å². The van der Waals surface area contributed by atoms with Gasteiger partial charge in [-0.2, -0.15) is 0 Å². The van der Waals surface area contributed by atoms with E-state index in [0.717, 1.165) is 42.2 Å². The third-order valence-corrected chi connectivity index (χ3v) is 3.93. The zero-order chi connectivity index (χ0) is 14.9. The first-order valence-corrected chi connectivity index (χ1v) is 7.37. The Morgan fingerprint density at radius 2 is 2.00 bits per heavy atom. The molecule has 0 unspecified atom stereocenters. The lowest BCUT2D eigenvalue weighted by Gasteiger charge is -2.24. The molecule has 0 amide bonds. The van der Waals surface area contributed by atoms with Crippen LogP contribution in [0.15, 0.2) is 42.5 Å². The molecule has 5 heteroatoms. The zero-order valence-electron chi connectivity index (χ0n) is 12.0. The quantitative estimate of drug-likeness (QED) is 0.764. The summed E-state index contributed by atoms with van der Waals surface area (Å²) in [6, 6.07) is 12.7. The molecule has 2 heterocycles. The van der Waals surface area contributed by atoms with Gasteiger partial charge in [0.25, 0.3) is 0 Å². The van der Waals surface area contributed by atoms with E-state index in [1.165, 1.54) is 12.1 Å². The molecule has 2 N–H and O–H groups in total. The van der Waals surface area contributed by atoms with E-state index in [9.17, 15) is 4.39 Å². The Hall–Kier alpha value is -2.24. The van der Waals surface area contributed by atoms with Crippen LogP contribution in [0.3, 0.4) is 0 Å². The largest absolute Gasteiger partial charge is 0.371 e. The number of morpholine rings is 1. The number of H-pyrrole nitrogens is 1. The summed E-state index contributed by atoms with van der Waals surface area (Å²) < 4.78 is 19.0. The predicted octanol–water partition coefficient (Wildman–Crippen LogP) is 3.03. The number of fused-ring (bicyclic) bond motifs is 1. The summed E-state index contributed by atoms with van der Waals surface area (Å²) in [7, 11) is 0. The maximum atomic E-state index is 13.2. The second-order valence-corrected chi connectivity index (χ2v) is 5.43. The van der Waals surface area contributed by atoms with Crippen molar-refractivity contribution in [2.75, 3.05) is 19.7 Å². The van der Waals surface area contributed by atoms with Gasteiger partial charge in [0.1, 0.15) is 11.6 Å². The van der Waals surface area contributed by atoms with Gasteiger partial charge in [0.05, 0.1) is 23.7 Å². The molecule has 1 atom stereocenters. The van der Waals surface area contributed by atoms with Crippen LogP contribution in [-0.2, 0) is 4.74 Å². The minimum absolute atomic E-state index is 0.104. The van der Waals surface area contributed by atoms with E-state index in [0.29, 0.717) is 5.52 Å². The first-order chi connectivity index (χ1) is 10.8. The third-order valence-electron chi connectivity index (χ3n) is 3.93. The van der Waals surface area contributed by atoms with Crippen LogP contribution in [-0.4, -0.2) is 29.7 Å². The van der Waals surface area contributed by atoms with E-state index in [4.69, 9.17) is 4.74 Å². The number of benzene rings is 2. The first-order valence-electron chi connectivity index (χ1n) is 7.37. The molecular formula is C17H16FN3O. The second-order valence-electron chi connectivity index (χ2n) is 5.43. The molecule has 0 bridgehead atoms. The Morgan fingerprint density at radius 3 is 2.77 bits per heavy atom. The monoisotopic (exact) mass is 297 g/mol. The van der Waals surface area contributed by atoms with Crippen molar-refractivity contribution in [3.63, 3.8) is 0 Å². The van der Waals surface area contributed by atoms with Crippen molar-refractivity contribution in [2.45, 2.75) is 6.10 Å². The summed E-state index contributed by atoms with van der Waals surface area (Å²) in [6.45, 7) is 2.48. The van der Waals surface area contributed by atoms with E-state index >= 15 is 0 Å². The van der Waals surface area contributed by atoms with Crippen LogP contribution in [0.5, 0.6) is 0 Å². The van der Waals surface area contributed by atoms with Crippen LogP contribution in [0.4, 0.5) is 4.39 Å². The molecule has 4 rings (SSSR count). The highest BCUT2D eigenvalue weighted by Crippen LogP contribution is 2.24. The topological polar surface area (TPSA) is 49.9 Å². The van der Waals surface area contributed by atoms with Gasteiger partial charge in [-0.3, -0.25) is 0 Å². The van der Waals surface area contributed by atoms with Crippen LogP contribution >= 0.6 is 0 Å². The number of imidazole rings is 1. The number of ether oxygens (including phenoxy) is 1. The summed E-state index contributed by atoms with van der Waals surface area (Å²) in [6.07, 6.45) is 0.104. The van der Waals surface area contributed by atoms with Crippen molar-refractivity contribution in [1.29, 1.82) is 0 Å². The Kier molecular flexibility index (Phi) is 3.36. The highest BCUT2D eigenvalue weighted by Gasteiger charge is 2.15. The summed E-state index contributed by atoms with van der Waals surface area (Å²) in [5, 5.41) is 3.32. The van der Waals surface area contributed by atoms with Crippen molar-refractivity contribution in [3.05, 3.63) is 53.8 Å². The van der Waals surface area contributed by atoms with Gasteiger partial charge in [-0.25, -0.2) is 9.37 Å². The highest BCUT2D eigenvalue weighted by molar-refractivity contribution is 5.79. The molecular weight excluding hydrogens is 281 g/mol. The van der Waals surface area contributed by atoms with Gasteiger partial charge in [0.2, 0.25) is 0 Å². The molecule has 0 saturated carbocycles. The van der Waals surface area contributed by atoms with Crippen LogP contribution in [0.2, 0.25) is 0 Å². The van der Waals surface area contributed by atoms with Gasteiger partial charge in [0, 0.05) is 18.7 Å². The molecule has 4 nitrogen and oxygen atoms in total. The molecule has 1 aliphatic heterocycles. The lowest BCUT2D eigenvalue weighted by Crippen LogP contribution is -2.33. The average molecular weight is 297 g/mol. The second kappa shape index (κ2) is 5.51. The SMILES string of the molecule is Fc1ccc2nc(-c3ccc([C@@H]4CNCCO4)cc3)[nH]c2c1. The number of halogens is 1. The standard InChI is InChI=1S/C17H16FN3O/c18-13-5-6-14-15(9-13)21-17(20-14)12-3-1-11(2-4-12)16-10-19-7-8-22-16/h1-6,9,16,19H,7-8,10H2,(H,20,21)/t16-/m0/s1. The van der Waals surface area contributed by atoms with Crippen molar-refractivity contribution in [3.8, 4) is 11.4 Å². The number of rotatable bonds is 2. The van der Waals surface area contributed by atoms with E-state index < -0.39 is 0 Å². The Bertz CT molecular complexity index is 791. The molecule has 1 saturated heterocycles. The van der Waals surface area contributed by atoms with Gasteiger partial charge >= 0.3 is 0 Å². The van der Waals surface area contributed by atoms with Crippen molar-refractivity contribution in [2.24, 2.45) is 0 Å². The molecule has 112 valence electrons. The van der Waals surface area contributed by atoms with Crippen LogP contribution in [0.1, 0.15) is 11.7 Å². The van der Waals surface area contributed by atoms with E-state index in [2.05, 4.69) is 27.4 Å². The summed E-state index contributed by atoms with van der Waals surface area (Å²) in [5.74, 6) is 0.481. The van der Waals surface area contributed by atoms with Gasteiger partial charge in [-0.1, -0.05) is 24.3 Å². The normalized spacial score (nSPS) is 18.7. The smallest absolute Gasteiger partial charge is 0.138 e. The lowest BCUT2D eigenvalue weighted by atomic mass is 10.1. The van der Waals surface area contributed by atoms with Crippen LogP contribution in [0.25, 0.3) is 22.4 Å². The molecule has 2 aromatic carbocycles. The minimum atomic E-state index is -0.264. The number of hydrogen-bond donors (Lipinski definition) is 2. The molecule has 0 spiro atoms. The van der Waals surface area contributed by atoms with E-state index in [1.807, 2.05) is 12.1 Å². The van der Waals surface area contributed by atoms with Gasteiger partial charge in [0.15, 0.2) is 0 Å². The maximum absolute atomic E-state index is 13.2. The summed E-state index contributed by atoms with van der Waals surface area (Å²) >= 11 is 0. The van der Waals surface area contributed by atoms with Crippen molar-refractivity contribution in [1.82, 2.24) is 15.3 Å². The van der Waals surface area contributed by atoms with Crippen LogP contribution in [0, 0.1) is 5.82 Å². The van der Waals surface area contributed by atoms with Gasteiger partial charge in [-0.15, -0.1) is 0 Å². The van der Waals surface area contributed by atoms with Gasteiger partial charge in [-0.05, 0) is 23.8 Å². The molecule has 1 aromatic heterocycles. The van der Waals surface area contributed by atoms with Gasteiger partial charge < -0.3 is 15.0 Å².